The molecule has 0 saturated carbocycles. The number of aliphatic hydroxyl groups is 1. The van der Waals surface area contributed by atoms with Gasteiger partial charge in [-0.3, -0.25) is 9.59 Å². The minimum atomic E-state index is -0.118. The molecule has 4 nitrogen and oxygen atoms in total. The van der Waals surface area contributed by atoms with Gasteiger partial charge in [0.1, 0.15) is 5.78 Å². The van der Waals surface area contributed by atoms with Crippen LogP contribution < -0.4 is 5.32 Å². The summed E-state index contributed by atoms with van der Waals surface area (Å²) in [5.74, 6) is 12.3. The van der Waals surface area contributed by atoms with Crippen LogP contribution in [-0.2, 0) is 9.59 Å². The number of amides is 1. The number of aliphatic hydroxyl groups excluding tert-OH is 1. The molecule has 0 spiro atoms. The van der Waals surface area contributed by atoms with Crippen LogP contribution in [-0.4, -0.2) is 29.9 Å². The Morgan fingerprint density at radius 2 is 1.09 bits per heavy atom. The van der Waals surface area contributed by atoms with Gasteiger partial charge in [0.2, 0.25) is 5.91 Å². The van der Waals surface area contributed by atoms with Crippen molar-refractivity contribution in [2.75, 3.05) is 13.2 Å². The molecule has 0 heterocycles. The summed E-state index contributed by atoms with van der Waals surface area (Å²) in [7, 11) is 0. The molecule has 0 rings (SSSR count). The number of hydrogen-bond acceptors (Lipinski definition) is 3. The van der Waals surface area contributed by atoms with Crippen LogP contribution in [0.25, 0.3) is 0 Å². The van der Waals surface area contributed by atoms with E-state index in [4.69, 9.17) is 5.11 Å². The first-order chi connectivity index (χ1) is 16.7. The zero-order valence-corrected chi connectivity index (χ0v) is 22.0. The van der Waals surface area contributed by atoms with Crippen molar-refractivity contribution in [3.05, 3.63) is 0 Å². The average Bonchev–Trinajstić information content (AvgIpc) is 2.82. The molecule has 0 aromatic heterocycles. The van der Waals surface area contributed by atoms with Crippen molar-refractivity contribution in [2.24, 2.45) is 0 Å². The molecule has 1 amide bonds. The second-order valence-corrected chi connectivity index (χ2v) is 9.27. The summed E-state index contributed by atoms with van der Waals surface area (Å²) < 4.78 is 0. The molecule has 0 saturated heterocycles. The SMILES string of the molecule is CCCCCCCCCCCCC#CC#CCCCCCCCCC(=O)NCCC(=O)CCO. The van der Waals surface area contributed by atoms with E-state index in [0.717, 1.165) is 38.5 Å². The first-order valence-corrected chi connectivity index (χ1v) is 14.1. The van der Waals surface area contributed by atoms with Crippen LogP contribution in [0.5, 0.6) is 0 Å². The van der Waals surface area contributed by atoms with Crippen molar-refractivity contribution in [3.63, 3.8) is 0 Å². The molecule has 0 aliphatic heterocycles. The van der Waals surface area contributed by atoms with Crippen LogP contribution in [0.15, 0.2) is 0 Å². The number of ketones is 1. The highest BCUT2D eigenvalue weighted by Crippen LogP contribution is 2.11. The van der Waals surface area contributed by atoms with Gasteiger partial charge in [0.15, 0.2) is 0 Å². The fourth-order valence-electron chi connectivity index (χ4n) is 3.80. The fourth-order valence-corrected chi connectivity index (χ4v) is 3.80. The molecular formula is C30H51NO3. The standard InChI is InChI=1S/C30H51NO3/c1-2-3-4-5-6-7-8-9-10-11-12-13-14-15-16-17-18-19-20-21-22-23-24-30(34)31-27-25-29(33)26-28-32/h32H,2-12,17-28H2,1H3,(H,31,34). The van der Waals surface area contributed by atoms with E-state index in [2.05, 4.69) is 35.9 Å². The zero-order chi connectivity index (χ0) is 25.0. The van der Waals surface area contributed by atoms with E-state index < -0.39 is 0 Å². The van der Waals surface area contributed by atoms with Crippen LogP contribution >= 0.6 is 0 Å². The predicted octanol–water partition coefficient (Wildman–Crippen LogP) is 6.88. The van der Waals surface area contributed by atoms with Crippen LogP contribution in [0.1, 0.15) is 142 Å². The maximum atomic E-state index is 11.7. The number of unbranched alkanes of at least 4 members (excludes halogenated alkanes) is 16. The van der Waals surface area contributed by atoms with Crippen molar-refractivity contribution >= 4 is 11.7 Å². The number of rotatable bonds is 23. The molecule has 0 aromatic rings. The molecule has 34 heavy (non-hydrogen) atoms. The summed E-state index contributed by atoms with van der Waals surface area (Å²) in [6, 6.07) is 0. The molecule has 194 valence electrons. The lowest BCUT2D eigenvalue weighted by Crippen LogP contribution is -2.25. The van der Waals surface area contributed by atoms with E-state index in [1.54, 1.807) is 0 Å². The average molecular weight is 474 g/mol. The Bertz CT molecular complexity index is 606. The van der Waals surface area contributed by atoms with Gasteiger partial charge in [0, 0.05) is 45.3 Å². The Kier molecular flexibility index (Phi) is 26.0. The van der Waals surface area contributed by atoms with Crippen molar-refractivity contribution < 1.29 is 14.7 Å². The van der Waals surface area contributed by atoms with Crippen molar-refractivity contribution in [2.45, 2.75) is 142 Å². The predicted molar refractivity (Wildman–Crippen MR) is 143 cm³/mol. The Morgan fingerprint density at radius 3 is 1.59 bits per heavy atom. The quantitative estimate of drug-likeness (QED) is 0.125. The molecule has 0 bridgehead atoms. The number of hydrogen-bond donors (Lipinski definition) is 2. The number of carbonyl (C=O) groups is 2. The molecule has 0 aromatic carbocycles. The maximum Gasteiger partial charge on any atom is 0.220 e. The molecule has 4 heteroatoms. The molecule has 2 N–H and O–H groups in total. The van der Waals surface area contributed by atoms with E-state index in [9.17, 15) is 9.59 Å². The third kappa shape index (κ3) is 26.5. The summed E-state index contributed by atoms with van der Waals surface area (Å²) in [6.07, 6.45) is 23.1. The van der Waals surface area contributed by atoms with E-state index in [1.165, 1.54) is 77.0 Å². The Hall–Kier alpha value is -1.78. The summed E-state index contributed by atoms with van der Waals surface area (Å²) in [6.45, 7) is 2.53. The molecule has 0 aliphatic rings. The Morgan fingerprint density at radius 1 is 0.618 bits per heavy atom. The van der Waals surface area contributed by atoms with Crippen molar-refractivity contribution in [1.82, 2.24) is 5.32 Å². The maximum absolute atomic E-state index is 11.7. The van der Waals surface area contributed by atoms with E-state index in [0.29, 0.717) is 19.4 Å². The fraction of sp³-hybridized carbons (Fsp3) is 0.800. The van der Waals surface area contributed by atoms with Gasteiger partial charge in [-0.05, 0) is 31.1 Å². The summed E-state index contributed by atoms with van der Waals surface area (Å²) >= 11 is 0. The first-order valence-electron chi connectivity index (χ1n) is 14.1. The lowest BCUT2D eigenvalue weighted by atomic mass is 10.1. The Labute approximate surface area is 210 Å². The molecule has 0 fully saturated rings. The van der Waals surface area contributed by atoms with Crippen LogP contribution in [0.2, 0.25) is 0 Å². The van der Waals surface area contributed by atoms with Gasteiger partial charge in [-0.15, -0.1) is 0 Å². The summed E-state index contributed by atoms with van der Waals surface area (Å²) in [5, 5.41) is 11.4. The van der Waals surface area contributed by atoms with Crippen molar-refractivity contribution in [3.8, 4) is 23.7 Å². The van der Waals surface area contributed by atoms with Gasteiger partial charge < -0.3 is 10.4 Å². The number of Topliss-reactive ketones (excluding diaryl/α,β-unsaturated/α-hetero) is 1. The lowest BCUT2D eigenvalue weighted by molar-refractivity contribution is -0.121. The molecule has 0 atom stereocenters. The Balaban J connectivity index is 3.35. The monoisotopic (exact) mass is 473 g/mol. The first kappa shape index (κ1) is 32.2. The second kappa shape index (κ2) is 27.5. The van der Waals surface area contributed by atoms with Crippen LogP contribution in [0.4, 0.5) is 0 Å². The van der Waals surface area contributed by atoms with Gasteiger partial charge in [-0.25, -0.2) is 0 Å². The summed E-state index contributed by atoms with van der Waals surface area (Å²) in [4.78, 5) is 23.0. The van der Waals surface area contributed by atoms with Gasteiger partial charge in [0.05, 0.1) is 0 Å². The molecule has 0 radical (unpaired) electrons. The van der Waals surface area contributed by atoms with Gasteiger partial charge >= 0.3 is 0 Å². The molecule has 0 aliphatic carbocycles. The third-order valence-corrected chi connectivity index (χ3v) is 5.97. The van der Waals surface area contributed by atoms with Crippen LogP contribution in [0, 0.1) is 23.7 Å². The minimum Gasteiger partial charge on any atom is -0.396 e. The van der Waals surface area contributed by atoms with E-state index in [-0.39, 0.29) is 24.7 Å². The third-order valence-electron chi connectivity index (χ3n) is 5.97. The largest absolute Gasteiger partial charge is 0.396 e. The van der Waals surface area contributed by atoms with Gasteiger partial charge in [-0.2, -0.15) is 0 Å². The van der Waals surface area contributed by atoms with Crippen molar-refractivity contribution in [1.29, 1.82) is 0 Å². The van der Waals surface area contributed by atoms with Crippen LogP contribution in [0.3, 0.4) is 0 Å². The highest BCUT2D eigenvalue weighted by Gasteiger charge is 2.04. The molecular weight excluding hydrogens is 422 g/mol. The smallest absolute Gasteiger partial charge is 0.220 e. The normalized spacial score (nSPS) is 10.2. The zero-order valence-electron chi connectivity index (χ0n) is 22.0. The minimum absolute atomic E-state index is 0.0103. The number of carbonyl (C=O) groups excluding carboxylic acids is 2. The van der Waals surface area contributed by atoms with Gasteiger partial charge in [0.25, 0.3) is 0 Å². The summed E-state index contributed by atoms with van der Waals surface area (Å²) in [5.41, 5.74) is 0. The second-order valence-electron chi connectivity index (χ2n) is 9.27. The lowest BCUT2D eigenvalue weighted by Gasteiger charge is -2.04. The number of nitrogens with one attached hydrogen (secondary N) is 1. The van der Waals surface area contributed by atoms with E-state index in [1.807, 2.05) is 0 Å². The van der Waals surface area contributed by atoms with E-state index >= 15 is 0 Å². The highest BCUT2D eigenvalue weighted by molar-refractivity contribution is 5.80. The highest BCUT2D eigenvalue weighted by atomic mass is 16.3. The molecule has 0 unspecified atom stereocenters. The topological polar surface area (TPSA) is 66.4 Å². The van der Waals surface area contributed by atoms with Gasteiger partial charge in [-0.1, -0.05) is 102 Å².